The van der Waals surface area contributed by atoms with Gasteiger partial charge in [0.25, 0.3) is 11.6 Å². The Morgan fingerprint density at radius 1 is 1.33 bits per heavy atom. The van der Waals surface area contributed by atoms with Gasteiger partial charge >= 0.3 is 0 Å². The van der Waals surface area contributed by atoms with Crippen molar-refractivity contribution in [1.82, 2.24) is 4.98 Å². The number of nitriles is 1. The summed E-state index contributed by atoms with van der Waals surface area (Å²) in [4.78, 5) is 26.1. The first kappa shape index (κ1) is 17.1. The molecule has 120 valence electrons. The summed E-state index contributed by atoms with van der Waals surface area (Å²) in [5.41, 5.74) is 0.0777. The van der Waals surface area contributed by atoms with E-state index >= 15 is 0 Å². The third-order valence-corrected chi connectivity index (χ3v) is 3.28. The fourth-order valence-electron chi connectivity index (χ4n) is 1.64. The lowest BCUT2D eigenvalue weighted by molar-refractivity contribution is -0.384. The molecule has 0 radical (unpaired) electrons. The lowest BCUT2D eigenvalue weighted by Crippen LogP contribution is -2.14. The molecule has 24 heavy (non-hydrogen) atoms. The number of hydrogen-bond donors (Lipinski definition) is 2. The first-order valence-electron chi connectivity index (χ1n) is 6.54. The molecule has 1 heterocycles. The SMILES string of the molecule is N#C/C(=C/Nc1cc(Br)ccn1)C(=O)Nc1ccc([N+](=O)[O-])cc1. The van der Waals surface area contributed by atoms with Crippen molar-refractivity contribution in [3.8, 4) is 6.07 Å². The van der Waals surface area contributed by atoms with Gasteiger partial charge < -0.3 is 10.6 Å². The van der Waals surface area contributed by atoms with Crippen molar-refractivity contribution in [3.63, 3.8) is 0 Å². The van der Waals surface area contributed by atoms with Crippen molar-refractivity contribution in [2.45, 2.75) is 0 Å². The number of aromatic nitrogens is 1. The highest BCUT2D eigenvalue weighted by molar-refractivity contribution is 9.10. The Bertz CT molecular complexity index is 843. The fourth-order valence-corrected chi connectivity index (χ4v) is 1.98. The highest BCUT2D eigenvalue weighted by Crippen LogP contribution is 2.16. The van der Waals surface area contributed by atoms with Crippen molar-refractivity contribution in [2.75, 3.05) is 10.6 Å². The predicted molar refractivity (Wildman–Crippen MR) is 91.0 cm³/mol. The van der Waals surface area contributed by atoms with Crippen molar-refractivity contribution < 1.29 is 9.72 Å². The smallest absolute Gasteiger partial charge is 0.269 e. The minimum atomic E-state index is -0.645. The largest absolute Gasteiger partial charge is 0.345 e. The lowest BCUT2D eigenvalue weighted by Gasteiger charge is -2.05. The van der Waals surface area contributed by atoms with Crippen LogP contribution in [-0.4, -0.2) is 15.8 Å². The summed E-state index contributed by atoms with van der Waals surface area (Å²) in [5.74, 6) is -0.186. The Kier molecular flexibility index (Phi) is 5.59. The maximum Gasteiger partial charge on any atom is 0.269 e. The minimum Gasteiger partial charge on any atom is -0.345 e. The second kappa shape index (κ2) is 7.85. The van der Waals surface area contributed by atoms with Crippen LogP contribution in [0.15, 0.2) is 58.8 Å². The summed E-state index contributed by atoms with van der Waals surface area (Å²) >= 11 is 3.28. The van der Waals surface area contributed by atoms with Crippen molar-refractivity contribution in [3.05, 3.63) is 69.0 Å². The number of halogens is 1. The number of nitro groups is 1. The summed E-state index contributed by atoms with van der Waals surface area (Å²) in [6, 6.07) is 10.5. The summed E-state index contributed by atoms with van der Waals surface area (Å²) < 4.78 is 0.794. The Morgan fingerprint density at radius 3 is 2.62 bits per heavy atom. The molecule has 2 N–H and O–H groups in total. The Labute approximate surface area is 145 Å². The predicted octanol–water partition coefficient (Wildman–Crippen LogP) is 3.21. The van der Waals surface area contributed by atoms with Crippen LogP contribution in [0.5, 0.6) is 0 Å². The normalized spacial score (nSPS) is 10.6. The molecule has 1 amide bonds. The number of pyridine rings is 1. The number of rotatable bonds is 5. The summed E-state index contributed by atoms with van der Waals surface area (Å²) in [6.07, 6.45) is 2.79. The molecular formula is C15H10BrN5O3. The standard InChI is InChI=1S/C15H10BrN5O3/c16-11-5-6-18-14(7-11)19-9-10(8-17)15(22)20-12-1-3-13(4-2-12)21(23)24/h1-7,9H,(H,18,19)(H,20,22)/b10-9-. The van der Waals surface area contributed by atoms with Gasteiger partial charge in [-0.2, -0.15) is 5.26 Å². The van der Waals surface area contributed by atoms with E-state index in [9.17, 15) is 14.9 Å². The number of amides is 1. The molecule has 0 aliphatic carbocycles. The van der Waals surface area contributed by atoms with Gasteiger partial charge in [-0.1, -0.05) is 15.9 Å². The number of non-ortho nitro benzene ring substituents is 1. The molecule has 0 unspecified atom stereocenters. The second-order valence-electron chi connectivity index (χ2n) is 4.43. The first-order valence-corrected chi connectivity index (χ1v) is 7.33. The monoisotopic (exact) mass is 387 g/mol. The Hall–Kier alpha value is -3.25. The zero-order valence-corrected chi connectivity index (χ0v) is 13.6. The van der Waals surface area contributed by atoms with E-state index < -0.39 is 10.8 Å². The van der Waals surface area contributed by atoms with Crippen molar-refractivity contribution >= 4 is 39.0 Å². The fraction of sp³-hybridized carbons (Fsp3) is 0. The summed E-state index contributed by atoms with van der Waals surface area (Å²) in [7, 11) is 0. The van der Waals surface area contributed by atoms with Crippen LogP contribution in [0.3, 0.4) is 0 Å². The van der Waals surface area contributed by atoms with Gasteiger partial charge in [0, 0.05) is 34.7 Å². The zero-order valence-electron chi connectivity index (χ0n) is 12.1. The minimum absolute atomic E-state index is 0.0913. The lowest BCUT2D eigenvalue weighted by atomic mass is 10.2. The number of nitrogens with one attached hydrogen (secondary N) is 2. The van der Waals surface area contributed by atoms with E-state index in [-0.39, 0.29) is 11.3 Å². The number of anilines is 2. The molecule has 2 aromatic rings. The maximum absolute atomic E-state index is 12.0. The van der Waals surface area contributed by atoms with Crippen molar-refractivity contribution in [1.29, 1.82) is 5.26 Å². The first-order chi connectivity index (χ1) is 11.5. The van der Waals surface area contributed by atoms with Gasteiger partial charge in [0.1, 0.15) is 17.5 Å². The van der Waals surface area contributed by atoms with Gasteiger partial charge in [-0.3, -0.25) is 14.9 Å². The van der Waals surface area contributed by atoms with Crippen LogP contribution < -0.4 is 10.6 Å². The number of nitro benzene ring substituents is 1. The van der Waals surface area contributed by atoms with E-state index in [2.05, 4.69) is 31.5 Å². The number of hydrogen-bond acceptors (Lipinski definition) is 6. The molecule has 1 aromatic carbocycles. The number of nitrogens with zero attached hydrogens (tertiary/aromatic N) is 3. The van der Waals surface area contributed by atoms with E-state index in [0.717, 1.165) is 4.47 Å². The van der Waals surface area contributed by atoms with E-state index in [4.69, 9.17) is 5.26 Å². The molecule has 0 spiro atoms. The van der Waals surface area contributed by atoms with Crippen LogP contribution in [0.1, 0.15) is 0 Å². The Morgan fingerprint density at radius 2 is 2.04 bits per heavy atom. The van der Waals surface area contributed by atoms with Gasteiger partial charge in [-0.25, -0.2) is 4.98 Å². The highest BCUT2D eigenvalue weighted by atomic mass is 79.9. The summed E-state index contributed by atoms with van der Waals surface area (Å²) in [5, 5.41) is 24.9. The summed E-state index contributed by atoms with van der Waals surface area (Å²) in [6.45, 7) is 0. The van der Waals surface area contributed by atoms with Crippen LogP contribution >= 0.6 is 15.9 Å². The molecule has 2 rings (SSSR count). The van der Waals surface area contributed by atoms with E-state index in [0.29, 0.717) is 11.5 Å². The van der Waals surface area contributed by atoms with Crippen LogP contribution in [0.4, 0.5) is 17.2 Å². The second-order valence-corrected chi connectivity index (χ2v) is 5.35. The van der Waals surface area contributed by atoms with Gasteiger partial charge in [0.05, 0.1) is 4.92 Å². The third kappa shape index (κ3) is 4.62. The van der Waals surface area contributed by atoms with Crippen LogP contribution in [0.25, 0.3) is 0 Å². The molecule has 0 atom stereocenters. The molecule has 0 aliphatic heterocycles. The molecule has 0 aliphatic rings. The van der Waals surface area contributed by atoms with Gasteiger partial charge in [0.15, 0.2) is 0 Å². The number of carbonyl (C=O) groups is 1. The van der Waals surface area contributed by atoms with E-state index in [1.54, 1.807) is 24.4 Å². The number of benzene rings is 1. The van der Waals surface area contributed by atoms with Crippen LogP contribution in [0, 0.1) is 21.4 Å². The zero-order chi connectivity index (χ0) is 17.5. The molecule has 1 aromatic heterocycles. The molecule has 8 nitrogen and oxygen atoms in total. The van der Waals surface area contributed by atoms with Gasteiger partial charge in [0.2, 0.25) is 0 Å². The third-order valence-electron chi connectivity index (χ3n) is 2.79. The topological polar surface area (TPSA) is 121 Å². The Balaban J connectivity index is 2.07. The molecule has 0 saturated carbocycles. The molecule has 0 fully saturated rings. The van der Waals surface area contributed by atoms with Crippen LogP contribution in [0.2, 0.25) is 0 Å². The average molecular weight is 388 g/mol. The average Bonchev–Trinajstić information content (AvgIpc) is 2.56. The van der Waals surface area contributed by atoms with E-state index in [1.165, 1.54) is 30.5 Å². The van der Waals surface area contributed by atoms with Gasteiger partial charge in [-0.15, -0.1) is 0 Å². The molecule has 0 saturated heterocycles. The highest BCUT2D eigenvalue weighted by Gasteiger charge is 2.11. The molecule has 0 bridgehead atoms. The maximum atomic E-state index is 12.0. The van der Waals surface area contributed by atoms with Crippen LogP contribution in [-0.2, 0) is 4.79 Å². The number of carbonyl (C=O) groups excluding carboxylic acids is 1. The van der Waals surface area contributed by atoms with E-state index in [1.807, 2.05) is 0 Å². The quantitative estimate of drug-likeness (QED) is 0.351. The molecular weight excluding hydrogens is 378 g/mol. The molecule has 9 heteroatoms. The van der Waals surface area contributed by atoms with Crippen molar-refractivity contribution in [2.24, 2.45) is 0 Å². The van der Waals surface area contributed by atoms with Gasteiger partial charge in [-0.05, 0) is 24.3 Å².